The average molecular weight is 338 g/mol. The monoisotopic (exact) mass is 338 g/mol. The number of ether oxygens (including phenoxy) is 1. The van der Waals surface area contributed by atoms with Gasteiger partial charge >= 0.3 is 17.8 Å². The van der Waals surface area contributed by atoms with E-state index in [-0.39, 0.29) is 11.3 Å². The van der Waals surface area contributed by atoms with Gasteiger partial charge in [-0.25, -0.2) is 4.79 Å². The number of aryl methyl sites for hydroxylation is 1. The highest BCUT2D eigenvalue weighted by Crippen LogP contribution is 2.27. The van der Waals surface area contributed by atoms with Crippen molar-refractivity contribution < 1.29 is 19.1 Å². The summed E-state index contributed by atoms with van der Waals surface area (Å²) in [5, 5.41) is 2.52. The topological polar surface area (TPSA) is 75.7 Å². The summed E-state index contributed by atoms with van der Waals surface area (Å²) in [5.74, 6) is -2.01. The number of nitrogens with zero attached hydrogens (tertiary/aromatic N) is 1. The lowest BCUT2D eigenvalue weighted by atomic mass is 10.0. The van der Waals surface area contributed by atoms with E-state index in [2.05, 4.69) is 5.32 Å². The Bertz CT molecular complexity index is 832. The van der Waals surface area contributed by atoms with Gasteiger partial charge in [-0.2, -0.15) is 0 Å². The molecule has 25 heavy (non-hydrogen) atoms. The number of nitrogens with one attached hydrogen (secondary N) is 1. The molecule has 6 nitrogen and oxygen atoms in total. The number of fused-ring (bicyclic) bond motifs is 1. The standard InChI is InChI=1S/C19H18N2O4/c1-25-19(24)14-9-3-4-10-15(14)20-17(22)18(23)21-12-6-8-13-7-2-5-11-16(13)21/h2-5,7,9-11H,6,8,12H2,1H3,(H,20,22). The van der Waals surface area contributed by atoms with E-state index in [0.717, 1.165) is 24.1 Å². The lowest BCUT2D eigenvalue weighted by molar-refractivity contribution is -0.134. The van der Waals surface area contributed by atoms with Gasteiger partial charge in [0.1, 0.15) is 0 Å². The summed E-state index contributed by atoms with van der Waals surface area (Å²) >= 11 is 0. The van der Waals surface area contributed by atoms with Gasteiger partial charge in [0.25, 0.3) is 0 Å². The molecule has 1 N–H and O–H groups in total. The van der Waals surface area contributed by atoms with Crippen LogP contribution in [0.1, 0.15) is 22.3 Å². The predicted octanol–water partition coefficient (Wildman–Crippen LogP) is 2.39. The van der Waals surface area contributed by atoms with Crippen molar-refractivity contribution in [2.45, 2.75) is 12.8 Å². The summed E-state index contributed by atoms with van der Waals surface area (Å²) in [5.41, 5.74) is 2.25. The second-order valence-electron chi connectivity index (χ2n) is 5.68. The summed E-state index contributed by atoms with van der Waals surface area (Å²) in [6, 6.07) is 14.0. The molecule has 0 atom stereocenters. The van der Waals surface area contributed by atoms with Gasteiger partial charge in [0.05, 0.1) is 18.4 Å². The summed E-state index contributed by atoms with van der Waals surface area (Å²) in [6.07, 6.45) is 1.68. The van der Waals surface area contributed by atoms with Gasteiger partial charge in [-0.1, -0.05) is 30.3 Å². The van der Waals surface area contributed by atoms with Crippen LogP contribution >= 0.6 is 0 Å². The molecule has 0 radical (unpaired) electrons. The van der Waals surface area contributed by atoms with Crippen LogP contribution in [0.4, 0.5) is 11.4 Å². The Morgan fingerprint density at radius 1 is 1.04 bits per heavy atom. The zero-order chi connectivity index (χ0) is 17.8. The van der Waals surface area contributed by atoms with Gasteiger partial charge in [-0.05, 0) is 36.6 Å². The molecule has 0 unspecified atom stereocenters. The smallest absolute Gasteiger partial charge is 0.339 e. The number of hydrogen-bond donors (Lipinski definition) is 1. The van der Waals surface area contributed by atoms with Crippen molar-refractivity contribution in [2.24, 2.45) is 0 Å². The molecule has 0 spiro atoms. The minimum Gasteiger partial charge on any atom is -0.465 e. The molecule has 0 saturated carbocycles. The van der Waals surface area contributed by atoms with Crippen LogP contribution in [-0.2, 0) is 20.7 Å². The first-order chi connectivity index (χ1) is 12.1. The van der Waals surface area contributed by atoms with E-state index in [1.165, 1.54) is 18.1 Å². The zero-order valence-corrected chi connectivity index (χ0v) is 13.8. The van der Waals surface area contributed by atoms with Crippen LogP contribution in [0.25, 0.3) is 0 Å². The van der Waals surface area contributed by atoms with Crippen LogP contribution in [0, 0.1) is 0 Å². The van der Waals surface area contributed by atoms with E-state index in [4.69, 9.17) is 4.74 Å². The highest BCUT2D eigenvalue weighted by atomic mass is 16.5. The largest absolute Gasteiger partial charge is 0.465 e. The number of amides is 2. The maximum absolute atomic E-state index is 12.6. The Hall–Kier alpha value is -3.15. The lowest BCUT2D eigenvalue weighted by Crippen LogP contribution is -2.42. The highest BCUT2D eigenvalue weighted by Gasteiger charge is 2.28. The number of rotatable bonds is 2. The maximum atomic E-state index is 12.6. The molecule has 0 saturated heterocycles. The van der Waals surface area contributed by atoms with Crippen LogP contribution in [0.3, 0.4) is 0 Å². The minimum absolute atomic E-state index is 0.199. The molecule has 2 aromatic carbocycles. The first-order valence-corrected chi connectivity index (χ1v) is 8.00. The summed E-state index contributed by atoms with van der Waals surface area (Å²) in [4.78, 5) is 38.3. The molecule has 0 aliphatic carbocycles. The fraction of sp³-hybridized carbons (Fsp3) is 0.211. The van der Waals surface area contributed by atoms with Crippen molar-refractivity contribution in [2.75, 3.05) is 23.9 Å². The summed E-state index contributed by atoms with van der Waals surface area (Å²) in [7, 11) is 1.26. The number of anilines is 2. The van der Waals surface area contributed by atoms with Gasteiger partial charge in [0, 0.05) is 12.2 Å². The first-order valence-electron chi connectivity index (χ1n) is 8.00. The number of carbonyl (C=O) groups excluding carboxylic acids is 3. The Balaban J connectivity index is 1.81. The Labute approximate surface area is 145 Å². The van der Waals surface area contributed by atoms with E-state index in [0.29, 0.717) is 6.54 Å². The lowest BCUT2D eigenvalue weighted by Gasteiger charge is -2.28. The second-order valence-corrected chi connectivity index (χ2v) is 5.68. The molecule has 0 aromatic heterocycles. The van der Waals surface area contributed by atoms with Crippen LogP contribution < -0.4 is 10.2 Å². The molecular weight excluding hydrogens is 320 g/mol. The first kappa shape index (κ1) is 16.7. The van der Waals surface area contributed by atoms with Crippen LogP contribution in [0.5, 0.6) is 0 Å². The van der Waals surface area contributed by atoms with E-state index < -0.39 is 17.8 Å². The van der Waals surface area contributed by atoms with E-state index in [9.17, 15) is 14.4 Å². The Morgan fingerprint density at radius 2 is 1.76 bits per heavy atom. The van der Waals surface area contributed by atoms with Crippen molar-refractivity contribution in [3.05, 3.63) is 59.7 Å². The summed E-state index contributed by atoms with van der Waals surface area (Å²) in [6.45, 7) is 0.488. The number of methoxy groups -OCH3 is 1. The molecule has 128 valence electrons. The number of benzene rings is 2. The van der Waals surface area contributed by atoms with Gasteiger partial charge in [0.2, 0.25) is 0 Å². The number of esters is 1. The molecule has 1 heterocycles. The van der Waals surface area contributed by atoms with E-state index >= 15 is 0 Å². The van der Waals surface area contributed by atoms with Crippen molar-refractivity contribution in [1.82, 2.24) is 0 Å². The van der Waals surface area contributed by atoms with Gasteiger partial charge in [-0.3, -0.25) is 9.59 Å². The molecule has 2 aromatic rings. The quantitative estimate of drug-likeness (QED) is 0.674. The molecule has 1 aliphatic heterocycles. The molecule has 3 rings (SSSR count). The van der Waals surface area contributed by atoms with E-state index in [1.54, 1.807) is 18.2 Å². The predicted molar refractivity (Wildman–Crippen MR) is 93.5 cm³/mol. The zero-order valence-electron chi connectivity index (χ0n) is 13.8. The number of para-hydroxylation sites is 2. The average Bonchev–Trinajstić information content (AvgIpc) is 2.66. The molecular formula is C19H18N2O4. The second kappa shape index (κ2) is 7.17. The highest BCUT2D eigenvalue weighted by molar-refractivity contribution is 6.44. The molecule has 0 bridgehead atoms. The Kier molecular flexibility index (Phi) is 4.79. The summed E-state index contributed by atoms with van der Waals surface area (Å²) < 4.78 is 4.70. The maximum Gasteiger partial charge on any atom is 0.339 e. The number of carbonyl (C=O) groups is 3. The van der Waals surface area contributed by atoms with Crippen molar-refractivity contribution in [3.8, 4) is 0 Å². The minimum atomic E-state index is -0.784. The normalized spacial score (nSPS) is 12.9. The van der Waals surface area contributed by atoms with Crippen LogP contribution in [-0.4, -0.2) is 31.4 Å². The van der Waals surface area contributed by atoms with Gasteiger partial charge in [0.15, 0.2) is 0 Å². The number of hydrogen-bond acceptors (Lipinski definition) is 4. The fourth-order valence-corrected chi connectivity index (χ4v) is 2.92. The third kappa shape index (κ3) is 3.38. The van der Waals surface area contributed by atoms with Crippen molar-refractivity contribution in [1.29, 1.82) is 0 Å². The molecule has 6 heteroatoms. The molecule has 0 fully saturated rings. The third-order valence-electron chi connectivity index (χ3n) is 4.13. The van der Waals surface area contributed by atoms with Crippen molar-refractivity contribution >= 4 is 29.2 Å². The van der Waals surface area contributed by atoms with Crippen molar-refractivity contribution in [3.63, 3.8) is 0 Å². The molecule has 2 amide bonds. The molecule has 1 aliphatic rings. The Morgan fingerprint density at radius 3 is 2.56 bits per heavy atom. The SMILES string of the molecule is COC(=O)c1ccccc1NC(=O)C(=O)N1CCCc2ccccc21. The fourth-order valence-electron chi connectivity index (χ4n) is 2.92. The van der Waals surface area contributed by atoms with Gasteiger partial charge in [-0.15, -0.1) is 0 Å². The van der Waals surface area contributed by atoms with Crippen LogP contribution in [0.2, 0.25) is 0 Å². The third-order valence-corrected chi connectivity index (χ3v) is 4.13. The van der Waals surface area contributed by atoms with Gasteiger partial charge < -0.3 is 15.0 Å². The van der Waals surface area contributed by atoms with E-state index in [1.807, 2.05) is 24.3 Å². The van der Waals surface area contributed by atoms with Crippen LogP contribution in [0.15, 0.2) is 48.5 Å².